The molecule has 1 N–H and O–H groups in total. The number of benzene rings is 1. The van der Waals surface area contributed by atoms with Crippen LogP contribution in [0, 0.1) is 0 Å². The maximum atomic E-state index is 12.0. The zero-order valence-electron chi connectivity index (χ0n) is 13.2. The second-order valence-electron chi connectivity index (χ2n) is 6.35. The van der Waals surface area contributed by atoms with Gasteiger partial charge < -0.3 is 14.8 Å². The highest BCUT2D eigenvalue weighted by Gasteiger charge is 2.31. The molecule has 0 radical (unpaired) electrons. The Kier molecular flexibility index (Phi) is 4.17. The van der Waals surface area contributed by atoms with Crippen molar-refractivity contribution in [3.63, 3.8) is 0 Å². The number of hydrogen-bond donors (Lipinski definition) is 1. The average Bonchev–Trinajstić information content (AvgIpc) is 2.44. The third-order valence-corrected chi connectivity index (χ3v) is 3.24. The Labute approximate surface area is 129 Å². The van der Waals surface area contributed by atoms with Crippen LogP contribution in [0.3, 0.4) is 0 Å². The number of alkyl carbamates (subject to hydrolysis) is 1. The van der Waals surface area contributed by atoms with Crippen LogP contribution in [0.1, 0.15) is 33.3 Å². The summed E-state index contributed by atoms with van der Waals surface area (Å²) in [5.41, 5.74) is -1.10. The lowest BCUT2D eigenvalue weighted by Crippen LogP contribution is -2.47. The summed E-state index contributed by atoms with van der Waals surface area (Å²) in [4.78, 5) is 27.8. The number of carbonyl (C=O) groups excluding carboxylic acids is 2. The van der Waals surface area contributed by atoms with Gasteiger partial charge in [0.25, 0.3) is 0 Å². The van der Waals surface area contributed by atoms with Crippen molar-refractivity contribution < 1.29 is 14.3 Å². The van der Waals surface area contributed by atoms with Crippen LogP contribution in [-0.2, 0) is 15.1 Å². The second kappa shape index (κ2) is 5.75. The number of nitrogens with one attached hydrogen (secondary N) is 1. The van der Waals surface area contributed by atoms with Gasteiger partial charge in [-0.3, -0.25) is 4.98 Å². The van der Waals surface area contributed by atoms with Crippen molar-refractivity contribution in [1.29, 1.82) is 0 Å². The highest BCUT2D eigenvalue weighted by Crippen LogP contribution is 2.27. The Morgan fingerprint density at radius 2 is 1.95 bits per heavy atom. The topological polar surface area (TPSA) is 68.3 Å². The number of pyridine rings is 1. The fourth-order valence-electron chi connectivity index (χ4n) is 2.25. The molecule has 1 atom stereocenters. The van der Waals surface area contributed by atoms with E-state index in [9.17, 15) is 9.59 Å². The maximum absolute atomic E-state index is 12.0. The molecule has 0 spiro atoms. The molecule has 0 bridgehead atoms. The number of ether oxygens (including phenoxy) is 1. The molecule has 2 aromatic rings. The van der Waals surface area contributed by atoms with Crippen molar-refractivity contribution in [2.45, 2.75) is 38.8 Å². The summed E-state index contributed by atoms with van der Waals surface area (Å²) in [6, 6.07) is 7.37. The third-order valence-electron chi connectivity index (χ3n) is 3.24. The minimum atomic E-state index is -1.18. The molecule has 0 aliphatic rings. The number of amides is 1. The van der Waals surface area contributed by atoms with E-state index in [1.54, 1.807) is 40.1 Å². The predicted octanol–water partition coefficient (Wildman–Crippen LogP) is 3.17. The van der Waals surface area contributed by atoms with Crippen LogP contribution in [0.25, 0.3) is 10.8 Å². The Morgan fingerprint density at radius 3 is 2.59 bits per heavy atom. The molecule has 1 aromatic heterocycles. The summed E-state index contributed by atoms with van der Waals surface area (Å²) in [5.74, 6) is 0. The van der Waals surface area contributed by atoms with Crippen LogP contribution >= 0.6 is 0 Å². The minimum absolute atomic E-state index is 0.628. The third kappa shape index (κ3) is 3.42. The van der Waals surface area contributed by atoms with E-state index in [0.29, 0.717) is 11.8 Å². The maximum Gasteiger partial charge on any atom is 0.408 e. The average molecular weight is 300 g/mol. The monoisotopic (exact) mass is 300 g/mol. The molecule has 1 heterocycles. The van der Waals surface area contributed by atoms with E-state index in [1.165, 1.54) is 0 Å². The lowest BCUT2D eigenvalue weighted by molar-refractivity contribution is -0.113. The van der Waals surface area contributed by atoms with Crippen LogP contribution < -0.4 is 5.32 Å². The van der Waals surface area contributed by atoms with Gasteiger partial charge in [0.15, 0.2) is 0 Å². The number of carbonyl (C=O) groups is 2. The zero-order chi connectivity index (χ0) is 16.4. The summed E-state index contributed by atoms with van der Waals surface area (Å²) in [5, 5.41) is 4.42. The van der Waals surface area contributed by atoms with Gasteiger partial charge in [-0.1, -0.05) is 18.2 Å². The molecular formula is C17H20N2O3. The van der Waals surface area contributed by atoms with E-state index in [0.717, 1.165) is 10.8 Å². The number of hydrogen-bond acceptors (Lipinski definition) is 4. The van der Waals surface area contributed by atoms with Gasteiger partial charge >= 0.3 is 6.09 Å². The predicted molar refractivity (Wildman–Crippen MR) is 84.5 cm³/mol. The zero-order valence-corrected chi connectivity index (χ0v) is 13.2. The van der Waals surface area contributed by atoms with E-state index >= 15 is 0 Å². The lowest BCUT2D eigenvalue weighted by Gasteiger charge is -2.28. The minimum Gasteiger partial charge on any atom is -0.444 e. The molecule has 22 heavy (non-hydrogen) atoms. The number of aldehydes is 1. The normalized spacial score (nSPS) is 14.2. The summed E-state index contributed by atoms with van der Waals surface area (Å²) in [7, 11) is 0. The van der Waals surface area contributed by atoms with E-state index in [2.05, 4.69) is 10.3 Å². The Balaban J connectivity index is 2.40. The van der Waals surface area contributed by atoms with Gasteiger partial charge in [0.1, 0.15) is 17.4 Å². The molecule has 5 nitrogen and oxygen atoms in total. The fourth-order valence-corrected chi connectivity index (χ4v) is 2.25. The van der Waals surface area contributed by atoms with Gasteiger partial charge in [0.05, 0.1) is 0 Å². The van der Waals surface area contributed by atoms with Gasteiger partial charge in [0, 0.05) is 17.8 Å². The second-order valence-corrected chi connectivity index (χ2v) is 6.35. The number of nitrogens with zero attached hydrogens (tertiary/aromatic N) is 1. The van der Waals surface area contributed by atoms with Gasteiger partial charge in [-0.05, 0) is 44.7 Å². The number of aromatic nitrogens is 1. The first-order chi connectivity index (χ1) is 10.2. The van der Waals surface area contributed by atoms with Crippen LogP contribution in [0.5, 0.6) is 0 Å². The first-order valence-electron chi connectivity index (χ1n) is 7.06. The van der Waals surface area contributed by atoms with Crippen molar-refractivity contribution in [3.8, 4) is 0 Å². The Morgan fingerprint density at radius 1 is 1.23 bits per heavy atom. The summed E-state index contributed by atoms with van der Waals surface area (Å²) in [6.45, 7) is 6.97. The van der Waals surface area contributed by atoms with Gasteiger partial charge in [0.2, 0.25) is 0 Å². The van der Waals surface area contributed by atoms with E-state index in [1.807, 2.05) is 24.3 Å². The van der Waals surface area contributed by atoms with Gasteiger partial charge in [-0.25, -0.2) is 4.79 Å². The lowest BCUT2D eigenvalue weighted by atomic mass is 9.89. The smallest absolute Gasteiger partial charge is 0.408 e. The molecule has 0 saturated carbocycles. The quantitative estimate of drug-likeness (QED) is 0.884. The molecule has 1 aromatic carbocycles. The van der Waals surface area contributed by atoms with Crippen molar-refractivity contribution in [3.05, 3.63) is 42.2 Å². The highest BCUT2D eigenvalue weighted by atomic mass is 16.6. The molecule has 0 saturated heterocycles. The van der Waals surface area contributed by atoms with Crippen LogP contribution in [0.4, 0.5) is 4.79 Å². The van der Waals surface area contributed by atoms with E-state index < -0.39 is 17.2 Å². The first-order valence-corrected chi connectivity index (χ1v) is 7.06. The molecule has 0 fully saturated rings. The fraction of sp³-hybridized carbons (Fsp3) is 0.353. The molecule has 5 heteroatoms. The molecule has 2 rings (SSSR count). The Hall–Kier alpha value is -2.43. The Bertz CT molecular complexity index is 701. The largest absolute Gasteiger partial charge is 0.444 e. The van der Waals surface area contributed by atoms with Crippen molar-refractivity contribution in [2.75, 3.05) is 0 Å². The van der Waals surface area contributed by atoms with Crippen molar-refractivity contribution in [1.82, 2.24) is 10.3 Å². The van der Waals surface area contributed by atoms with Crippen LogP contribution in [0.15, 0.2) is 36.7 Å². The van der Waals surface area contributed by atoms with Crippen LogP contribution in [-0.4, -0.2) is 23.0 Å². The summed E-state index contributed by atoms with van der Waals surface area (Å²) < 4.78 is 5.25. The summed E-state index contributed by atoms with van der Waals surface area (Å²) in [6.07, 6.45) is 3.46. The molecular weight excluding hydrogens is 280 g/mol. The molecule has 1 amide bonds. The molecule has 0 aliphatic heterocycles. The van der Waals surface area contributed by atoms with E-state index in [-0.39, 0.29) is 0 Å². The SMILES string of the molecule is CC(C)(C)OC(=O)NC(C)(C=O)c1cccc2cnccc12. The summed E-state index contributed by atoms with van der Waals surface area (Å²) >= 11 is 0. The van der Waals surface area contributed by atoms with Crippen molar-refractivity contribution in [2.24, 2.45) is 0 Å². The first kappa shape index (κ1) is 15.9. The molecule has 1 unspecified atom stereocenters. The number of rotatable bonds is 3. The standard InChI is InChI=1S/C17H20N2O3/c1-16(2,3)22-15(21)19-17(4,11-20)14-7-5-6-12-10-18-9-8-13(12)14/h5-11H,1-4H3,(H,19,21). The van der Waals surface area contributed by atoms with Crippen LogP contribution in [0.2, 0.25) is 0 Å². The molecule has 0 aliphatic carbocycles. The van der Waals surface area contributed by atoms with Gasteiger partial charge in [-0.15, -0.1) is 0 Å². The van der Waals surface area contributed by atoms with Gasteiger partial charge in [-0.2, -0.15) is 0 Å². The molecule has 116 valence electrons. The number of fused-ring (bicyclic) bond motifs is 1. The highest BCUT2D eigenvalue weighted by molar-refractivity contribution is 5.90. The van der Waals surface area contributed by atoms with Crippen molar-refractivity contribution >= 4 is 23.2 Å². The van der Waals surface area contributed by atoms with E-state index in [4.69, 9.17) is 4.74 Å².